The Morgan fingerprint density at radius 2 is 1.88 bits per heavy atom. The Hall–Kier alpha value is -1.06. The van der Waals surface area contributed by atoms with E-state index in [0.717, 1.165) is 0 Å². The highest BCUT2D eigenvalue weighted by molar-refractivity contribution is 5.82. The van der Waals surface area contributed by atoms with E-state index in [4.69, 9.17) is 5.11 Å². The van der Waals surface area contributed by atoms with Gasteiger partial charge in [0, 0.05) is 18.4 Å². The highest BCUT2D eigenvalue weighted by atomic mass is 16.4. The van der Waals surface area contributed by atoms with Crippen molar-refractivity contribution >= 4 is 11.9 Å². The predicted molar refractivity (Wildman–Crippen MR) is 63.4 cm³/mol. The molecule has 17 heavy (non-hydrogen) atoms. The van der Waals surface area contributed by atoms with Crippen molar-refractivity contribution in [2.45, 2.75) is 51.5 Å². The third-order valence-corrected chi connectivity index (χ3v) is 4.14. The van der Waals surface area contributed by atoms with Crippen LogP contribution in [0.1, 0.15) is 45.4 Å². The van der Waals surface area contributed by atoms with Crippen LogP contribution in [-0.4, -0.2) is 23.0 Å². The number of carbonyl (C=O) groups excluding carboxylic acids is 1. The second-order valence-electron chi connectivity index (χ2n) is 5.48. The molecule has 3 unspecified atom stereocenters. The van der Waals surface area contributed by atoms with Crippen LogP contribution in [0.5, 0.6) is 0 Å². The molecular weight excluding hydrogens is 218 g/mol. The summed E-state index contributed by atoms with van der Waals surface area (Å²) in [4.78, 5) is 22.4. The summed E-state index contributed by atoms with van der Waals surface area (Å²) < 4.78 is 0. The lowest BCUT2D eigenvalue weighted by Crippen LogP contribution is -2.34. The lowest BCUT2D eigenvalue weighted by Gasteiger charge is -2.12. The molecule has 0 spiro atoms. The Kier molecular flexibility index (Phi) is 3.69. The Morgan fingerprint density at radius 1 is 1.29 bits per heavy atom. The predicted octanol–water partition coefficient (Wildman–Crippen LogP) is 1.79. The van der Waals surface area contributed by atoms with Crippen molar-refractivity contribution in [2.75, 3.05) is 0 Å². The second kappa shape index (κ2) is 5.07. The smallest absolute Gasteiger partial charge is 0.303 e. The summed E-state index contributed by atoms with van der Waals surface area (Å²) in [5.41, 5.74) is 0. The van der Waals surface area contributed by atoms with Gasteiger partial charge in [0.15, 0.2) is 0 Å². The van der Waals surface area contributed by atoms with Gasteiger partial charge >= 0.3 is 5.97 Å². The molecule has 0 aromatic carbocycles. The maximum Gasteiger partial charge on any atom is 0.303 e. The van der Waals surface area contributed by atoms with Gasteiger partial charge in [0.2, 0.25) is 5.91 Å². The van der Waals surface area contributed by atoms with Crippen LogP contribution in [0.3, 0.4) is 0 Å². The Bertz CT molecular complexity index is 304. The first-order valence-electron chi connectivity index (χ1n) is 6.61. The minimum Gasteiger partial charge on any atom is -0.481 e. The highest BCUT2D eigenvalue weighted by Gasteiger charge is 2.54. The van der Waals surface area contributed by atoms with E-state index in [-0.39, 0.29) is 24.3 Å². The van der Waals surface area contributed by atoms with E-state index in [0.29, 0.717) is 18.3 Å². The lowest BCUT2D eigenvalue weighted by molar-refractivity contribution is -0.137. The molecule has 0 bridgehead atoms. The number of nitrogens with one attached hydrogen (secondary N) is 1. The van der Waals surface area contributed by atoms with Gasteiger partial charge in [-0.1, -0.05) is 12.8 Å². The third-order valence-electron chi connectivity index (χ3n) is 4.14. The summed E-state index contributed by atoms with van der Waals surface area (Å²) in [5, 5.41) is 11.5. The molecule has 2 aliphatic carbocycles. The fourth-order valence-corrected chi connectivity index (χ4v) is 3.13. The molecule has 4 heteroatoms. The molecular formula is C13H21NO3. The molecule has 0 aromatic rings. The molecule has 0 radical (unpaired) electrons. The minimum atomic E-state index is -0.800. The van der Waals surface area contributed by atoms with Crippen LogP contribution in [-0.2, 0) is 9.59 Å². The summed E-state index contributed by atoms with van der Waals surface area (Å²) in [6.07, 6.45) is 5.57. The Morgan fingerprint density at radius 3 is 2.41 bits per heavy atom. The van der Waals surface area contributed by atoms with Crippen LogP contribution in [0.15, 0.2) is 0 Å². The van der Waals surface area contributed by atoms with Crippen LogP contribution >= 0.6 is 0 Å². The first-order valence-corrected chi connectivity index (χ1v) is 6.61. The fraction of sp³-hybridized carbons (Fsp3) is 0.846. The number of amides is 1. The van der Waals surface area contributed by atoms with Gasteiger partial charge < -0.3 is 10.4 Å². The van der Waals surface area contributed by atoms with Gasteiger partial charge in [-0.25, -0.2) is 0 Å². The quantitative estimate of drug-likeness (QED) is 0.768. The Labute approximate surface area is 102 Å². The molecule has 0 saturated heterocycles. The number of rotatable bonds is 5. The molecule has 96 valence electrons. The minimum absolute atomic E-state index is 0.0266. The molecule has 3 atom stereocenters. The van der Waals surface area contributed by atoms with Gasteiger partial charge in [0.1, 0.15) is 0 Å². The van der Waals surface area contributed by atoms with Crippen molar-refractivity contribution in [2.24, 2.45) is 17.8 Å². The molecule has 2 saturated carbocycles. The number of carbonyl (C=O) groups is 2. The van der Waals surface area contributed by atoms with Gasteiger partial charge in [0.05, 0.1) is 0 Å². The molecule has 1 amide bonds. The number of carboxylic acid groups (broad SMARTS) is 1. The van der Waals surface area contributed by atoms with Gasteiger partial charge in [-0.05, 0) is 38.0 Å². The molecule has 2 rings (SSSR count). The first-order chi connectivity index (χ1) is 8.09. The number of hydrogen-bond acceptors (Lipinski definition) is 2. The van der Waals surface area contributed by atoms with Crippen molar-refractivity contribution < 1.29 is 14.7 Å². The SMILES string of the molecule is CC(CCC(=O)O)NC(=O)C1C2CCCCC21. The zero-order valence-electron chi connectivity index (χ0n) is 10.3. The number of aliphatic carboxylic acids is 1. The van der Waals surface area contributed by atoms with E-state index < -0.39 is 5.97 Å². The van der Waals surface area contributed by atoms with Gasteiger partial charge in [-0.3, -0.25) is 9.59 Å². The van der Waals surface area contributed by atoms with Crippen molar-refractivity contribution in [1.29, 1.82) is 0 Å². The van der Waals surface area contributed by atoms with E-state index in [1.165, 1.54) is 25.7 Å². The van der Waals surface area contributed by atoms with E-state index in [2.05, 4.69) is 5.32 Å². The van der Waals surface area contributed by atoms with Crippen molar-refractivity contribution in [1.82, 2.24) is 5.32 Å². The summed E-state index contributed by atoms with van der Waals surface area (Å²) in [6, 6.07) is -0.0266. The lowest BCUT2D eigenvalue weighted by atomic mass is 10.0. The van der Waals surface area contributed by atoms with Crippen molar-refractivity contribution in [3.63, 3.8) is 0 Å². The summed E-state index contributed by atoms with van der Waals surface area (Å²) >= 11 is 0. The summed E-state index contributed by atoms with van der Waals surface area (Å²) in [6.45, 7) is 1.88. The average Bonchev–Trinajstić information content (AvgIpc) is 3.00. The van der Waals surface area contributed by atoms with Gasteiger partial charge in [-0.2, -0.15) is 0 Å². The standard InChI is InChI=1S/C13H21NO3/c1-8(6-7-11(15)16)14-13(17)12-9-4-2-3-5-10(9)12/h8-10,12H,2-7H2,1H3,(H,14,17)(H,15,16). The van der Waals surface area contributed by atoms with Gasteiger partial charge in [-0.15, -0.1) is 0 Å². The van der Waals surface area contributed by atoms with Crippen LogP contribution in [0, 0.1) is 17.8 Å². The summed E-state index contributed by atoms with van der Waals surface area (Å²) in [7, 11) is 0. The van der Waals surface area contributed by atoms with Crippen LogP contribution in [0.4, 0.5) is 0 Å². The number of fused-ring (bicyclic) bond motifs is 1. The maximum atomic E-state index is 12.0. The van der Waals surface area contributed by atoms with Crippen molar-refractivity contribution in [3.05, 3.63) is 0 Å². The zero-order valence-corrected chi connectivity index (χ0v) is 10.3. The van der Waals surface area contributed by atoms with E-state index in [9.17, 15) is 9.59 Å². The highest BCUT2D eigenvalue weighted by Crippen LogP contribution is 2.55. The average molecular weight is 239 g/mol. The molecule has 2 fully saturated rings. The molecule has 0 aliphatic heterocycles. The van der Waals surface area contributed by atoms with Crippen LogP contribution < -0.4 is 5.32 Å². The molecule has 0 heterocycles. The van der Waals surface area contributed by atoms with Gasteiger partial charge in [0.25, 0.3) is 0 Å². The van der Waals surface area contributed by atoms with Crippen LogP contribution in [0.2, 0.25) is 0 Å². The first kappa shape index (κ1) is 12.4. The normalized spacial score (nSPS) is 32.4. The summed E-state index contributed by atoms with van der Waals surface area (Å²) in [5.74, 6) is 0.821. The van der Waals surface area contributed by atoms with E-state index in [1.807, 2.05) is 6.92 Å². The zero-order chi connectivity index (χ0) is 12.4. The molecule has 0 aromatic heterocycles. The molecule has 2 aliphatic rings. The third kappa shape index (κ3) is 2.99. The number of hydrogen-bond donors (Lipinski definition) is 2. The number of carboxylic acids is 1. The molecule has 2 N–H and O–H groups in total. The van der Waals surface area contributed by atoms with E-state index >= 15 is 0 Å². The van der Waals surface area contributed by atoms with Crippen molar-refractivity contribution in [3.8, 4) is 0 Å². The molecule has 4 nitrogen and oxygen atoms in total. The topological polar surface area (TPSA) is 66.4 Å². The Balaban J connectivity index is 1.72. The maximum absolute atomic E-state index is 12.0. The fourth-order valence-electron chi connectivity index (χ4n) is 3.13. The van der Waals surface area contributed by atoms with E-state index in [1.54, 1.807) is 0 Å². The second-order valence-corrected chi connectivity index (χ2v) is 5.48. The van der Waals surface area contributed by atoms with Crippen LogP contribution in [0.25, 0.3) is 0 Å². The monoisotopic (exact) mass is 239 g/mol. The largest absolute Gasteiger partial charge is 0.481 e.